The van der Waals surface area contributed by atoms with Gasteiger partial charge in [-0.1, -0.05) is 38.5 Å². The molecule has 0 spiro atoms. The van der Waals surface area contributed by atoms with Crippen molar-refractivity contribution in [1.29, 1.82) is 0 Å². The fourth-order valence-electron chi connectivity index (χ4n) is 3.89. The standard InChI is InChI=1S/C25H36N4O5S/c1-15(2)12-19(29-25(34)21(35)10-6-7-11-22(30)31)24(33)28-20(23(32)26-3)13-16-14-27-18-9-5-4-8-17(16)18/h4-5,8-9,14-15,19-21,27,35H,6-7,10-13H2,1-3H3,(H,26,32)(H,28,33)(H,29,34)(H,30,31)/t19-,20-,21?/m0/s1. The molecule has 0 aliphatic rings. The SMILES string of the molecule is CNC(=O)[C@H](Cc1c[nH]c2ccccc12)NC(=O)[C@H](CC(C)C)NC(=O)C(S)CCCCC(=O)O. The molecular weight excluding hydrogens is 468 g/mol. The Morgan fingerprint density at radius 1 is 1.00 bits per heavy atom. The Kier molecular flexibility index (Phi) is 11.1. The molecule has 3 amide bonds. The minimum absolute atomic E-state index is 0.0395. The van der Waals surface area contributed by atoms with E-state index in [2.05, 4.69) is 33.6 Å². The molecule has 0 fully saturated rings. The number of likely N-dealkylation sites (N-methyl/N-ethyl adjacent to an activating group) is 1. The zero-order chi connectivity index (χ0) is 26.0. The molecule has 0 bridgehead atoms. The lowest BCUT2D eigenvalue weighted by Gasteiger charge is -2.25. The average Bonchev–Trinajstić information content (AvgIpc) is 3.22. The number of carbonyl (C=O) groups excluding carboxylic acids is 3. The summed E-state index contributed by atoms with van der Waals surface area (Å²) >= 11 is 4.34. The summed E-state index contributed by atoms with van der Waals surface area (Å²) in [7, 11) is 1.51. The van der Waals surface area contributed by atoms with Crippen LogP contribution in [0.2, 0.25) is 0 Å². The van der Waals surface area contributed by atoms with Crippen LogP contribution in [-0.2, 0) is 25.6 Å². The van der Waals surface area contributed by atoms with Crippen molar-refractivity contribution in [2.75, 3.05) is 7.05 Å². The molecule has 2 rings (SSSR count). The molecular formula is C25H36N4O5S. The Bertz CT molecular complexity index is 1020. The molecule has 0 saturated carbocycles. The Hall–Kier alpha value is -3.01. The number of hydrogen-bond donors (Lipinski definition) is 6. The fourth-order valence-corrected chi connectivity index (χ4v) is 4.15. The number of nitrogens with one attached hydrogen (secondary N) is 4. The summed E-state index contributed by atoms with van der Waals surface area (Å²) in [6.07, 6.45) is 3.95. The first kappa shape index (κ1) is 28.2. The van der Waals surface area contributed by atoms with Crippen LogP contribution in [0, 0.1) is 5.92 Å². The second kappa shape index (κ2) is 13.8. The number of carboxylic acid groups (broad SMARTS) is 1. The highest BCUT2D eigenvalue weighted by Crippen LogP contribution is 2.19. The number of aliphatic carboxylic acids is 1. The largest absolute Gasteiger partial charge is 0.481 e. The van der Waals surface area contributed by atoms with E-state index in [4.69, 9.17) is 5.11 Å². The molecule has 1 unspecified atom stereocenters. The molecule has 1 aromatic carbocycles. The van der Waals surface area contributed by atoms with E-state index in [1.54, 1.807) is 0 Å². The van der Waals surface area contributed by atoms with E-state index in [9.17, 15) is 19.2 Å². The number of fused-ring (bicyclic) bond motifs is 1. The average molecular weight is 505 g/mol. The van der Waals surface area contributed by atoms with Crippen molar-refractivity contribution in [3.8, 4) is 0 Å². The zero-order valence-corrected chi connectivity index (χ0v) is 21.4. The minimum atomic E-state index is -0.878. The van der Waals surface area contributed by atoms with Gasteiger partial charge < -0.3 is 26.0 Å². The number of unbranched alkanes of at least 4 members (excludes halogenated alkanes) is 1. The number of amides is 3. The number of carboxylic acids is 1. The van der Waals surface area contributed by atoms with E-state index < -0.39 is 35.1 Å². The monoisotopic (exact) mass is 504 g/mol. The van der Waals surface area contributed by atoms with Gasteiger partial charge in [0.2, 0.25) is 17.7 Å². The lowest BCUT2D eigenvalue weighted by Crippen LogP contribution is -2.55. The van der Waals surface area contributed by atoms with Crippen LogP contribution in [0.4, 0.5) is 0 Å². The van der Waals surface area contributed by atoms with Crippen LogP contribution in [0.3, 0.4) is 0 Å². The molecule has 1 aromatic heterocycles. The normalized spacial score (nSPS) is 13.7. The lowest BCUT2D eigenvalue weighted by molar-refractivity contribution is -0.137. The molecule has 10 heteroatoms. The highest BCUT2D eigenvalue weighted by atomic mass is 32.1. The number of thiol groups is 1. The summed E-state index contributed by atoms with van der Waals surface area (Å²) in [4.78, 5) is 52.3. The second-order valence-electron chi connectivity index (χ2n) is 9.09. The molecule has 192 valence electrons. The predicted octanol–water partition coefficient (Wildman–Crippen LogP) is 2.42. The van der Waals surface area contributed by atoms with Crippen LogP contribution in [0.25, 0.3) is 10.9 Å². The minimum Gasteiger partial charge on any atom is -0.481 e. The van der Waals surface area contributed by atoms with Gasteiger partial charge in [-0.3, -0.25) is 19.2 Å². The molecule has 9 nitrogen and oxygen atoms in total. The van der Waals surface area contributed by atoms with E-state index in [1.807, 2.05) is 44.3 Å². The van der Waals surface area contributed by atoms with Gasteiger partial charge in [-0.2, -0.15) is 12.6 Å². The topological polar surface area (TPSA) is 140 Å². The first-order chi connectivity index (χ1) is 16.6. The van der Waals surface area contributed by atoms with E-state index >= 15 is 0 Å². The summed E-state index contributed by atoms with van der Waals surface area (Å²) in [5, 5.41) is 17.2. The van der Waals surface area contributed by atoms with Crippen molar-refractivity contribution in [3.05, 3.63) is 36.0 Å². The number of hydrogen-bond acceptors (Lipinski definition) is 5. The molecule has 3 atom stereocenters. The van der Waals surface area contributed by atoms with Crippen LogP contribution in [0.15, 0.2) is 30.5 Å². The van der Waals surface area contributed by atoms with Crippen molar-refractivity contribution < 1.29 is 24.3 Å². The van der Waals surface area contributed by atoms with Crippen molar-refractivity contribution in [2.24, 2.45) is 5.92 Å². The fraction of sp³-hybridized carbons (Fsp3) is 0.520. The molecule has 35 heavy (non-hydrogen) atoms. The maximum atomic E-state index is 13.2. The summed E-state index contributed by atoms with van der Waals surface area (Å²) < 4.78 is 0. The van der Waals surface area contributed by atoms with Gasteiger partial charge in [-0.15, -0.1) is 0 Å². The molecule has 0 saturated heterocycles. The second-order valence-corrected chi connectivity index (χ2v) is 9.71. The third-order valence-electron chi connectivity index (χ3n) is 5.74. The summed E-state index contributed by atoms with van der Waals surface area (Å²) in [6, 6.07) is 6.08. The van der Waals surface area contributed by atoms with Gasteiger partial charge in [0.05, 0.1) is 5.25 Å². The highest BCUT2D eigenvalue weighted by Gasteiger charge is 2.29. The number of benzene rings is 1. The molecule has 0 radical (unpaired) electrons. The summed E-state index contributed by atoms with van der Waals surface area (Å²) in [5.41, 5.74) is 1.84. The third-order valence-corrected chi connectivity index (χ3v) is 6.23. The number of para-hydroxylation sites is 1. The first-order valence-electron chi connectivity index (χ1n) is 11.9. The molecule has 0 aliphatic heterocycles. The number of aromatic amines is 1. The number of rotatable bonds is 14. The number of H-pyrrole nitrogens is 1. The van der Waals surface area contributed by atoms with Gasteiger partial charge in [-0.05, 0) is 36.8 Å². The lowest BCUT2D eigenvalue weighted by atomic mass is 10.0. The third kappa shape index (κ3) is 8.93. The molecule has 5 N–H and O–H groups in total. The van der Waals surface area contributed by atoms with Crippen LogP contribution < -0.4 is 16.0 Å². The van der Waals surface area contributed by atoms with E-state index in [0.29, 0.717) is 25.7 Å². The molecule has 1 heterocycles. The summed E-state index contributed by atoms with van der Waals surface area (Å²) in [6.45, 7) is 3.89. The van der Waals surface area contributed by atoms with Crippen LogP contribution in [-0.4, -0.2) is 58.2 Å². The van der Waals surface area contributed by atoms with Crippen molar-refractivity contribution in [3.63, 3.8) is 0 Å². The first-order valence-corrected chi connectivity index (χ1v) is 12.4. The number of aromatic nitrogens is 1. The van der Waals surface area contributed by atoms with Crippen molar-refractivity contribution in [2.45, 2.75) is 69.7 Å². The Morgan fingerprint density at radius 3 is 2.34 bits per heavy atom. The molecule has 0 aliphatic carbocycles. The van der Waals surface area contributed by atoms with Gasteiger partial charge in [0, 0.05) is 37.0 Å². The van der Waals surface area contributed by atoms with E-state index in [-0.39, 0.29) is 24.7 Å². The predicted molar refractivity (Wildman–Crippen MR) is 138 cm³/mol. The quantitative estimate of drug-likeness (QED) is 0.173. The maximum Gasteiger partial charge on any atom is 0.303 e. The maximum absolute atomic E-state index is 13.2. The molecule has 2 aromatic rings. The zero-order valence-electron chi connectivity index (χ0n) is 20.5. The van der Waals surface area contributed by atoms with Crippen LogP contribution in [0.1, 0.15) is 51.5 Å². The smallest absolute Gasteiger partial charge is 0.303 e. The number of carbonyl (C=O) groups is 4. The highest BCUT2D eigenvalue weighted by molar-refractivity contribution is 7.81. The van der Waals surface area contributed by atoms with Gasteiger partial charge >= 0.3 is 5.97 Å². The van der Waals surface area contributed by atoms with Gasteiger partial charge in [0.25, 0.3) is 0 Å². The van der Waals surface area contributed by atoms with E-state index in [0.717, 1.165) is 16.5 Å². The van der Waals surface area contributed by atoms with E-state index in [1.165, 1.54) is 7.05 Å². The van der Waals surface area contributed by atoms with Crippen molar-refractivity contribution in [1.82, 2.24) is 20.9 Å². The van der Waals surface area contributed by atoms with Gasteiger partial charge in [0.1, 0.15) is 12.1 Å². The van der Waals surface area contributed by atoms with Gasteiger partial charge in [0.15, 0.2) is 0 Å². The van der Waals surface area contributed by atoms with Crippen LogP contribution in [0.5, 0.6) is 0 Å². The Balaban J connectivity index is 2.07. The van der Waals surface area contributed by atoms with Gasteiger partial charge in [-0.25, -0.2) is 0 Å². The van der Waals surface area contributed by atoms with Crippen LogP contribution >= 0.6 is 12.6 Å². The Morgan fingerprint density at radius 2 is 1.69 bits per heavy atom. The summed E-state index contributed by atoms with van der Waals surface area (Å²) in [5.74, 6) is -1.92. The Labute approximate surface area is 211 Å². The van der Waals surface area contributed by atoms with Crippen molar-refractivity contribution >= 4 is 47.2 Å².